The van der Waals surface area contributed by atoms with Crippen LogP contribution in [0.4, 0.5) is 5.69 Å². The highest BCUT2D eigenvalue weighted by Crippen LogP contribution is 2.15. The number of rotatable bonds is 7. The van der Waals surface area contributed by atoms with Gasteiger partial charge < -0.3 is 15.9 Å². The topological polar surface area (TPSA) is 87.5 Å². The zero-order valence-corrected chi connectivity index (χ0v) is 11.4. The van der Waals surface area contributed by atoms with Crippen molar-refractivity contribution in [2.75, 3.05) is 32.0 Å². The number of nitrogen functional groups attached to an aromatic ring is 1. The average Bonchev–Trinajstić information content (AvgIpc) is 2.56. The molecule has 1 aromatic heterocycles. The monoisotopic (exact) mass is 256 g/mol. The van der Waals surface area contributed by atoms with Gasteiger partial charge in [0.15, 0.2) is 0 Å². The van der Waals surface area contributed by atoms with Gasteiger partial charge in [0.05, 0.1) is 36.3 Å². The number of aliphatic hydroxyl groups is 2. The van der Waals surface area contributed by atoms with Gasteiger partial charge in [-0.2, -0.15) is 5.10 Å². The average molecular weight is 256 g/mol. The van der Waals surface area contributed by atoms with Gasteiger partial charge in [0, 0.05) is 13.1 Å². The first-order chi connectivity index (χ1) is 8.49. The maximum absolute atomic E-state index is 10.0. The largest absolute Gasteiger partial charge is 0.396 e. The molecule has 6 nitrogen and oxygen atoms in total. The normalized spacial score (nSPS) is 13.2. The summed E-state index contributed by atoms with van der Waals surface area (Å²) in [5, 5.41) is 23.2. The van der Waals surface area contributed by atoms with Gasteiger partial charge in [-0.3, -0.25) is 9.58 Å². The van der Waals surface area contributed by atoms with E-state index in [2.05, 4.69) is 5.10 Å². The van der Waals surface area contributed by atoms with E-state index in [1.807, 2.05) is 25.7 Å². The fourth-order valence-electron chi connectivity index (χ4n) is 1.96. The highest BCUT2D eigenvalue weighted by Gasteiger charge is 2.14. The van der Waals surface area contributed by atoms with Crippen molar-refractivity contribution < 1.29 is 10.2 Å². The highest BCUT2D eigenvalue weighted by atomic mass is 16.3. The van der Waals surface area contributed by atoms with E-state index in [9.17, 15) is 5.11 Å². The van der Waals surface area contributed by atoms with E-state index in [-0.39, 0.29) is 6.61 Å². The molecule has 0 aliphatic rings. The summed E-state index contributed by atoms with van der Waals surface area (Å²) in [5.74, 6) is 0. The highest BCUT2D eigenvalue weighted by molar-refractivity contribution is 5.46. The lowest BCUT2D eigenvalue weighted by molar-refractivity contribution is 0.0871. The van der Waals surface area contributed by atoms with Crippen LogP contribution in [-0.4, -0.2) is 57.2 Å². The number of aryl methyl sites for hydroxylation is 1. The van der Waals surface area contributed by atoms with Crippen LogP contribution in [0.5, 0.6) is 0 Å². The molecule has 0 aliphatic carbocycles. The smallest absolute Gasteiger partial charge is 0.0862 e. The van der Waals surface area contributed by atoms with E-state index < -0.39 is 6.10 Å². The number of aliphatic hydroxyl groups excluding tert-OH is 2. The first-order valence-corrected chi connectivity index (χ1v) is 6.30. The van der Waals surface area contributed by atoms with Crippen molar-refractivity contribution in [2.45, 2.75) is 33.4 Å². The molecule has 1 atom stereocenters. The Kier molecular flexibility index (Phi) is 5.58. The Labute approximate surface area is 108 Å². The van der Waals surface area contributed by atoms with Gasteiger partial charge in [0.1, 0.15) is 0 Å². The zero-order valence-electron chi connectivity index (χ0n) is 11.4. The van der Waals surface area contributed by atoms with E-state index in [4.69, 9.17) is 10.8 Å². The van der Waals surface area contributed by atoms with Crippen LogP contribution >= 0.6 is 0 Å². The molecule has 6 heteroatoms. The van der Waals surface area contributed by atoms with Gasteiger partial charge in [-0.1, -0.05) is 6.92 Å². The predicted molar refractivity (Wildman–Crippen MR) is 71.3 cm³/mol. The SMILES string of the molecule is CCN(CCO)CC(O)Cn1nc(C)c(N)c1C. The number of likely N-dealkylation sites (N-methyl/N-ethyl adjacent to an activating group) is 1. The van der Waals surface area contributed by atoms with Crippen LogP contribution in [-0.2, 0) is 6.54 Å². The second-order valence-corrected chi connectivity index (χ2v) is 4.54. The second-order valence-electron chi connectivity index (χ2n) is 4.54. The Morgan fingerprint density at radius 3 is 2.56 bits per heavy atom. The Hall–Kier alpha value is -1.11. The lowest BCUT2D eigenvalue weighted by atomic mass is 10.3. The summed E-state index contributed by atoms with van der Waals surface area (Å²) < 4.78 is 1.74. The summed E-state index contributed by atoms with van der Waals surface area (Å²) >= 11 is 0. The van der Waals surface area contributed by atoms with E-state index >= 15 is 0 Å². The fourth-order valence-corrected chi connectivity index (χ4v) is 1.96. The Balaban J connectivity index is 2.58. The molecule has 18 heavy (non-hydrogen) atoms. The minimum Gasteiger partial charge on any atom is -0.396 e. The number of nitrogens with zero attached hydrogens (tertiary/aromatic N) is 3. The molecular formula is C12H24N4O2. The molecule has 0 bridgehead atoms. The first-order valence-electron chi connectivity index (χ1n) is 6.30. The van der Waals surface area contributed by atoms with Crippen LogP contribution in [0.1, 0.15) is 18.3 Å². The third-order valence-electron chi connectivity index (χ3n) is 3.15. The molecular weight excluding hydrogens is 232 g/mol. The van der Waals surface area contributed by atoms with E-state index in [1.165, 1.54) is 0 Å². The minimum absolute atomic E-state index is 0.105. The number of hydrogen-bond donors (Lipinski definition) is 3. The van der Waals surface area contributed by atoms with Crippen LogP contribution in [0.2, 0.25) is 0 Å². The van der Waals surface area contributed by atoms with E-state index in [1.54, 1.807) is 4.68 Å². The van der Waals surface area contributed by atoms with Gasteiger partial charge in [0.2, 0.25) is 0 Å². The molecule has 0 saturated heterocycles. The molecule has 1 rings (SSSR count). The van der Waals surface area contributed by atoms with Crippen LogP contribution in [0.3, 0.4) is 0 Å². The molecule has 0 saturated carbocycles. The van der Waals surface area contributed by atoms with Crippen LogP contribution in [0, 0.1) is 13.8 Å². The van der Waals surface area contributed by atoms with Crippen molar-refractivity contribution >= 4 is 5.69 Å². The third-order valence-corrected chi connectivity index (χ3v) is 3.15. The quantitative estimate of drug-likeness (QED) is 0.626. The maximum atomic E-state index is 10.0. The van der Waals surface area contributed by atoms with Gasteiger partial charge in [-0.25, -0.2) is 0 Å². The molecule has 1 unspecified atom stereocenters. The maximum Gasteiger partial charge on any atom is 0.0862 e. The summed E-state index contributed by atoms with van der Waals surface area (Å²) in [4.78, 5) is 2.00. The van der Waals surface area contributed by atoms with Crippen molar-refractivity contribution in [3.63, 3.8) is 0 Å². The molecule has 0 amide bonds. The molecule has 0 spiro atoms. The fraction of sp³-hybridized carbons (Fsp3) is 0.750. The Morgan fingerprint density at radius 2 is 2.11 bits per heavy atom. The Morgan fingerprint density at radius 1 is 1.44 bits per heavy atom. The number of anilines is 1. The summed E-state index contributed by atoms with van der Waals surface area (Å²) in [5.41, 5.74) is 8.21. The molecule has 0 aromatic carbocycles. The van der Waals surface area contributed by atoms with Crippen molar-refractivity contribution in [3.8, 4) is 0 Å². The van der Waals surface area contributed by atoms with Gasteiger partial charge in [0.25, 0.3) is 0 Å². The van der Waals surface area contributed by atoms with Crippen LogP contribution < -0.4 is 5.73 Å². The summed E-state index contributed by atoms with van der Waals surface area (Å²) in [7, 11) is 0. The number of hydrogen-bond acceptors (Lipinski definition) is 5. The third kappa shape index (κ3) is 3.69. The predicted octanol–water partition coefficient (Wildman–Crippen LogP) is -0.243. The van der Waals surface area contributed by atoms with E-state index in [0.717, 1.165) is 17.9 Å². The number of nitrogens with two attached hydrogens (primary N) is 1. The van der Waals surface area contributed by atoms with Gasteiger partial charge in [-0.15, -0.1) is 0 Å². The minimum atomic E-state index is -0.520. The molecule has 0 aliphatic heterocycles. The summed E-state index contributed by atoms with van der Waals surface area (Å²) in [6.07, 6.45) is -0.520. The summed E-state index contributed by atoms with van der Waals surface area (Å²) in [6, 6.07) is 0. The Bertz CT molecular complexity index is 378. The van der Waals surface area contributed by atoms with Gasteiger partial charge >= 0.3 is 0 Å². The summed E-state index contributed by atoms with van der Waals surface area (Å²) in [6.45, 7) is 8.19. The lowest BCUT2D eigenvalue weighted by Crippen LogP contribution is -2.36. The van der Waals surface area contributed by atoms with Crippen molar-refractivity contribution in [1.29, 1.82) is 0 Å². The van der Waals surface area contributed by atoms with Crippen molar-refractivity contribution in [2.24, 2.45) is 0 Å². The first kappa shape index (κ1) is 14.9. The molecule has 4 N–H and O–H groups in total. The van der Waals surface area contributed by atoms with Crippen LogP contribution in [0.15, 0.2) is 0 Å². The van der Waals surface area contributed by atoms with Crippen molar-refractivity contribution in [3.05, 3.63) is 11.4 Å². The second kappa shape index (κ2) is 6.72. The molecule has 0 fully saturated rings. The zero-order chi connectivity index (χ0) is 13.7. The van der Waals surface area contributed by atoms with Crippen LogP contribution in [0.25, 0.3) is 0 Å². The molecule has 1 heterocycles. The standard InChI is InChI=1S/C12H24N4O2/c1-4-15(5-6-17)7-11(18)8-16-10(3)12(13)9(2)14-16/h11,17-18H,4-8,13H2,1-3H3. The van der Waals surface area contributed by atoms with Crippen molar-refractivity contribution in [1.82, 2.24) is 14.7 Å². The lowest BCUT2D eigenvalue weighted by Gasteiger charge is -2.22. The van der Waals surface area contributed by atoms with E-state index in [0.29, 0.717) is 25.3 Å². The van der Waals surface area contributed by atoms with Gasteiger partial charge in [-0.05, 0) is 20.4 Å². The molecule has 0 radical (unpaired) electrons. The number of aromatic nitrogens is 2. The molecule has 104 valence electrons. The molecule has 1 aromatic rings.